The summed E-state index contributed by atoms with van der Waals surface area (Å²) in [5, 5.41) is 1.25. The van der Waals surface area contributed by atoms with E-state index in [1.54, 1.807) is 0 Å². The zero-order chi connectivity index (χ0) is 21.1. The lowest BCUT2D eigenvalue weighted by molar-refractivity contribution is -0.135. The minimum atomic E-state index is -0.259. The van der Waals surface area contributed by atoms with E-state index in [-0.39, 0.29) is 17.8 Å². The highest BCUT2D eigenvalue weighted by Crippen LogP contribution is 2.54. The van der Waals surface area contributed by atoms with E-state index in [1.165, 1.54) is 61.4 Å². The Morgan fingerprint density at radius 2 is 2.03 bits per heavy atom. The van der Waals surface area contributed by atoms with Crippen molar-refractivity contribution in [1.82, 2.24) is 4.57 Å². The van der Waals surface area contributed by atoms with Crippen LogP contribution in [0, 0.1) is 5.92 Å². The normalized spacial score (nSPS) is 25.1. The summed E-state index contributed by atoms with van der Waals surface area (Å²) < 4.78 is 7.50. The Hall–Kier alpha value is -2.88. The summed E-state index contributed by atoms with van der Waals surface area (Å²) in [6, 6.07) is 8.98. The number of para-hydroxylation sites is 1. The van der Waals surface area contributed by atoms with Gasteiger partial charge in [-0.3, -0.25) is 0 Å². The maximum absolute atomic E-state index is 12.5. The number of fused-ring (bicyclic) bond motifs is 6. The third kappa shape index (κ3) is 2.73. The van der Waals surface area contributed by atoms with Crippen molar-refractivity contribution < 1.29 is 14.3 Å². The number of hydrogen-bond donors (Lipinski definition) is 0. The first-order valence-corrected chi connectivity index (χ1v) is 11.5. The number of carbonyl (C=O) groups excluding carboxylic acids is 2. The van der Waals surface area contributed by atoms with Crippen LogP contribution in [0.5, 0.6) is 0 Å². The van der Waals surface area contributed by atoms with Gasteiger partial charge in [0, 0.05) is 29.5 Å². The van der Waals surface area contributed by atoms with Crippen LogP contribution in [0.2, 0.25) is 0 Å². The second-order valence-electron chi connectivity index (χ2n) is 9.37. The lowest BCUT2D eigenvalue weighted by atomic mass is 9.77. The molecule has 0 bridgehead atoms. The molecule has 1 aromatic heterocycles. The minimum absolute atomic E-state index is 0.0104. The molecule has 2 heterocycles. The molecule has 1 saturated carbocycles. The molecule has 4 aliphatic rings. The molecule has 4 nitrogen and oxygen atoms in total. The summed E-state index contributed by atoms with van der Waals surface area (Å²) in [6.07, 6.45) is 12.5. The minimum Gasteiger partial charge on any atom is -0.465 e. The number of benzene rings is 1. The predicted octanol–water partition coefficient (Wildman–Crippen LogP) is 5.34. The Kier molecular flexibility index (Phi) is 4.31. The van der Waals surface area contributed by atoms with E-state index in [4.69, 9.17) is 4.74 Å². The second-order valence-corrected chi connectivity index (χ2v) is 9.37. The number of methoxy groups -OCH3 is 1. The first-order chi connectivity index (χ1) is 15.2. The lowest BCUT2D eigenvalue weighted by Gasteiger charge is -2.28. The van der Waals surface area contributed by atoms with E-state index in [2.05, 4.69) is 41.0 Å². The number of aromatic nitrogens is 1. The van der Waals surface area contributed by atoms with Crippen LogP contribution in [-0.4, -0.2) is 23.9 Å². The fourth-order valence-corrected chi connectivity index (χ4v) is 6.31. The van der Waals surface area contributed by atoms with Crippen LogP contribution in [0.1, 0.15) is 61.6 Å². The Morgan fingerprint density at radius 1 is 1.19 bits per heavy atom. The van der Waals surface area contributed by atoms with Gasteiger partial charge in [0.05, 0.1) is 18.2 Å². The van der Waals surface area contributed by atoms with Crippen LogP contribution in [0.25, 0.3) is 10.9 Å². The number of esters is 1. The Balaban J connectivity index is 1.59. The number of rotatable bonds is 3. The van der Waals surface area contributed by atoms with Crippen molar-refractivity contribution in [3.8, 4) is 0 Å². The highest BCUT2D eigenvalue weighted by atomic mass is 16.5. The molecule has 0 radical (unpaired) electrons. The molecule has 2 aromatic rings. The molecule has 0 N–H and O–H groups in total. The summed E-state index contributed by atoms with van der Waals surface area (Å²) in [5.41, 5.74) is 7.90. The molecule has 0 amide bonds. The molecule has 0 spiro atoms. The van der Waals surface area contributed by atoms with Crippen molar-refractivity contribution >= 4 is 23.2 Å². The van der Waals surface area contributed by atoms with E-state index >= 15 is 0 Å². The molecule has 0 saturated heterocycles. The van der Waals surface area contributed by atoms with Gasteiger partial charge in [-0.1, -0.05) is 49.6 Å². The monoisotopic (exact) mass is 413 g/mol. The first-order valence-electron chi connectivity index (χ1n) is 11.5. The van der Waals surface area contributed by atoms with Gasteiger partial charge in [-0.15, -0.1) is 0 Å². The molecule has 3 aliphatic carbocycles. The zero-order valence-corrected chi connectivity index (χ0v) is 17.9. The van der Waals surface area contributed by atoms with Crippen molar-refractivity contribution in [1.29, 1.82) is 0 Å². The molecule has 31 heavy (non-hydrogen) atoms. The van der Waals surface area contributed by atoms with E-state index in [9.17, 15) is 9.59 Å². The zero-order valence-electron chi connectivity index (χ0n) is 17.9. The summed E-state index contributed by atoms with van der Waals surface area (Å²) in [4.78, 5) is 24.6. The SMILES string of the molecule is COC(=O)C1=C2Cn3c(cc4cccc(C5CCCCC5)c43)C3C(=C21)C=CC[C@H]3C=O. The third-order valence-corrected chi connectivity index (χ3v) is 7.78. The first kappa shape index (κ1) is 18.9. The highest BCUT2D eigenvalue weighted by molar-refractivity contribution is 6.06. The van der Waals surface area contributed by atoms with E-state index < -0.39 is 0 Å². The van der Waals surface area contributed by atoms with Crippen molar-refractivity contribution in [2.45, 2.75) is 56.9 Å². The van der Waals surface area contributed by atoms with Crippen LogP contribution in [0.15, 0.2) is 58.7 Å². The van der Waals surface area contributed by atoms with Crippen LogP contribution < -0.4 is 0 Å². The van der Waals surface area contributed by atoms with Crippen molar-refractivity contribution in [2.24, 2.45) is 5.92 Å². The number of allylic oxidation sites excluding steroid dienone is 4. The summed E-state index contributed by atoms with van der Waals surface area (Å²) in [5.74, 6) is 0.217. The number of nitrogens with zero attached hydrogens (tertiary/aromatic N) is 1. The molecule has 2 atom stereocenters. The highest BCUT2D eigenvalue weighted by Gasteiger charge is 2.45. The van der Waals surface area contributed by atoms with Gasteiger partial charge >= 0.3 is 5.97 Å². The third-order valence-electron chi connectivity index (χ3n) is 7.78. The fourth-order valence-electron chi connectivity index (χ4n) is 6.31. The van der Waals surface area contributed by atoms with Gasteiger partial charge in [-0.2, -0.15) is 0 Å². The topological polar surface area (TPSA) is 48.3 Å². The number of hydrogen-bond acceptors (Lipinski definition) is 3. The summed E-state index contributed by atoms with van der Waals surface area (Å²) in [6.45, 7) is 0.682. The van der Waals surface area contributed by atoms with Crippen molar-refractivity contribution in [3.63, 3.8) is 0 Å². The molecule has 4 heteroatoms. The van der Waals surface area contributed by atoms with Gasteiger partial charge in [0.25, 0.3) is 0 Å². The molecule has 1 fully saturated rings. The van der Waals surface area contributed by atoms with Crippen LogP contribution in [0.4, 0.5) is 0 Å². The summed E-state index contributed by atoms with van der Waals surface area (Å²) >= 11 is 0. The van der Waals surface area contributed by atoms with Crippen molar-refractivity contribution in [2.75, 3.05) is 7.11 Å². The second kappa shape index (κ2) is 7.08. The smallest absolute Gasteiger partial charge is 0.338 e. The number of aldehydes is 1. The standard InChI is InChI=1S/C27H27NO3/c1-31-27(30)25-21-14-28-22(23-18(15-29)10-6-12-20(23)24(21)25)13-17-9-5-11-19(26(17)28)16-7-3-2-4-8-16/h5-6,9,11-13,15-16,18,23H,2-4,7-8,10,14H2,1H3/t18-,23?/m0/s1. The van der Waals surface area contributed by atoms with E-state index in [1.807, 2.05) is 0 Å². The molecule has 6 rings (SSSR count). The average molecular weight is 414 g/mol. The van der Waals surface area contributed by atoms with Gasteiger partial charge < -0.3 is 14.1 Å². The van der Waals surface area contributed by atoms with E-state index in [0.29, 0.717) is 12.5 Å². The van der Waals surface area contributed by atoms with Crippen LogP contribution >= 0.6 is 0 Å². The maximum atomic E-state index is 12.5. The van der Waals surface area contributed by atoms with E-state index in [0.717, 1.165) is 35.0 Å². The fraction of sp³-hybridized carbons (Fsp3) is 0.407. The molecule has 158 valence electrons. The number of carbonyl (C=O) groups is 2. The quantitative estimate of drug-likeness (QED) is 0.504. The van der Waals surface area contributed by atoms with Gasteiger partial charge in [-0.25, -0.2) is 4.79 Å². The molecular formula is C27H27NO3. The molecule has 1 aliphatic heterocycles. The molecule has 1 aromatic carbocycles. The van der Waals surface area contributed by atoms with Crippen molar-refractivity contribution in [3.05, 3.63) is 70.0 Å². The van der Waals surface area contributed by atoms with Crippen LogP contribution in [-0.2, 0) is 20.9 Å². The van der Waals surface area contributed by atoms with Crippen LogP contribution in [0.3, 0.4) is 0 Å². The molecular weight excluding hydrogens is 386 g/mol. The number of ether oxygens (including phenoxy) is 1. The Morgan fingerprint density at radius 3 is 2.81 bits per heavy atom. The Labute approximate surface area is 182 Å². The molecule has 1 unspecified atom stereocenters. The predicted molar refractivity (Wildman–Crippen MR) is 120 cm³/mol. The van der Waals surface area contributed by atoms with Gasteiger partial charge in [0.2, 0.25) is 0 Å². The average Bonchev–Trinajstić information content (AvgIpc) is 3.45. The largest absolute Gasteiger partial charge is 0.465 e. The van der Waals surface area contributed by atoms with Gasteiger partial charge in [0.15, 0.2) is 0 Å². The summed E-state index contributed by atoms with van der Waals surface area (Å²) in [7, 11) is 1.44. The van der Waals surface area contributed by atoms with Gasteiger partial charge in [0.1, 0.15) is 6.29 Å². The Bertz CT molecular complexity index is 1200. The maximum Gasteiger partial charge on any atom is 0.338 e. The lowest BCUT2D eigenvalue weighted by Crippen LogP contribution is -2.21. The van der Waals surface area contributed by atoms with Gasteiger partial charge in [-0.05, 0) is 53.5 Å².